The molecule has 0 spiro atoms. The molecular formula is C27H27N5O2. The van der Waals surface area contributed by atoms with Crippen LogP contribution in [0.3, 0.4) is 0 Å². The number of nitrogens with one attached hydrogen (secondary N) is 2. The van der Waals surface area contributed by atoms with Crippen molar-refractivity contribution in [3.05, 3.63) is 72.1 Å². The molecule has 0 radical (unpaired) electrons. The summed E-state index contributed by atoms with van der Waals surface area (Å²) in [7, 11) is 0. The summed E-state index contributed by atoms with van der Waals surface area (Å²) in [5.41, 5.74) is 4.90. The van der Waals surface area contributed by atoms with E-state index in [0.717, 1.165) is 54.9 Å². The van der Waals surface area contributed by atoms with Gasteiger partial charge in [-0.2, -0.15) is 5.26 Å². The fourth-order valence-electron chi connectivity index (χ4n) is 4.23. The quantitative estimate of drug-likeness (QED) is 0.559. The Morgan fingerprint density at radius 2 is 1.85 bits per heavy atom. The van der Waals surface area contributed by atoms with Gasteiger partial charge in [-0.15, -0.1) is 0 Å². The zero-order valence-corrected chi connectivity index (χ0v) is 19.0. The number of benzene rings is 1. The summed E-state index contributed by atoms with van der Waals surface area (Å²) in [6.45, 7) is 3.30. The predicted molar refractivity (Wildman–Crippen MR) is 132 cm³/mol. The highest BCUT2D eigenvalue weighted by Crippen LogP contribution is 2.29. The predicted octanol–water partition coefficient (Wildman–Crippen LogP) is 4.69. The zero-order chi connectivity index (χ0) is 23.2. The molecule has 1 saturated heterocycles. The molecule has 4 heterocycles. The summed E-state index contributed by atoms with van der Waals surface area (Å²) in [4.78, 5) is 9.00. The van der Waals surface area contributed by atoms with Crippen LogP contribution in [0.5, 0.6) is 5.75 Å². The molecule has 7 heteroatoms. The molecule has 0 atom stereocenters. The van der Waals surface area contributed by atoms with Crippen LogP contribution in [-0.4, -0.2) is 42.4 Å². The summed E-state index contributed by atoms with van der Waals surface area (Å²) in [6, 6.07) is 16.0. The molecule has 0 amide bonds. The minimum atomic E-state index is 0.0911. The zero-order valence-electron chi connectivity index (χ0n) is 19.0. The van der Waals surface area contributed by atoms with Crippen molar-refractivity contribution >= 4 is 17.2 Å². The lowest BCUT2D eigenvalue weighted by Crippen LogP contribution is -2.26. The number of anilines is 2. The van der Waals surface area contributed by atoms with Crippen molar-refractivity contribution in [2.45, 2.75) is 25.4 Å². The molecule has 2 aromatic heterocycles. The number of ether oxygens (including phenoxy) is 2. The SMILES string of the molecule is N#Cc1cc(-c2ccnc(Nc3ccc(C4=CCNCC4)cn3)c2)ccc1OC1CCOCC1. The third-order valence-corrected chi connectivity index (χ3v) is 6.11. The highest BCUT2D eigenvalue weighted by atomic mass is 16.5. The summed E-state index contributed by atoms with van der Waals surface area (Å²) in [6.07, 6.45) is 8.67. The number of pyridine rings is 2. The number of hydrogen-bond acceptors (Lipinski definition) is 7. The van der Waals surface area contributed by atoms with Crippen LogP contribution in [0.25, 0.3) is 16.7 Å². The Balaban J connectivity index is 1.30. The molecule has 0 saturated carbocycles. The van der Waals surface area contributed by atoms with Gasteiger partial charge in [-0.3, -0.25) is 0 Å². The molecule has 0 aliphatic carbocycles. The first-order valence-electron chi connectivity index (χ1n) is 11.7. The highest BCUT2D eigenvalue weighted by Gasteiger charge is 2.17. The normalized spacial score (nSPS) is 16.4. The van der Waals surface area contributed by atoms with Gasteiger partial charge in [-0.25, -0.2) is 9.97 Å². The molecule has 1 aromatic carbocycles. The van der Waals surface area contributed by atoms with E-state index in [1.807, 2.05) is 42.6 Å². The Labute approximate surface area is 199 Å². The standard InChI is InChI=1S/C27H27N5O2/c28-17-23-15-20(1-3-25(23)34-24-8-13-33-14-9-24)21-7-12-30-27(16-21)32-26-4-2-22(18-31-26)19-5-10-29-11-6-19/h1-5,7,12,15-16,18,24,29H,6,8-11,13-14H2,(H,30,31,32). The average Bonchev–Trinajstić information content (AvgIpc) is 2.91. The number of hydrogen-bond donors (Lipinski definition) is 2. The van der Waals surface area contributed by atoms with Crippen molar-refractivity contribution in [1.82, 2.24) is 15.3 Å². The minimum Gasteiger partial charge on any atom is -0.489 e. The van der Waals surface area contributed by atoms with Crippen LogP contribution in [0.4, 0.5) is 11.6 Å². The molecule has 7 nitrogen and oxygen atoms in total. The fraction of sp³-hybridized carbons (Fsp3) is 0.296. The Morgan fingerprint density at radius 1 is 1.00 bits per heavy atom. The maximum absolute atomic E-state index is 9.69. The van der Waals surface area contributed by atoms with E-state index in [4.69, 9.17) is 9.47 Å². The van der Waals surface area contributed by atoms with Gasteiger partial charge in [0.25, 0.3) is 0 Å². The van der Waals surface area contributed by atoms with Gasteiger partial charge < -0.3 is 20.1 Å². The van der Waals surface area contributed by atoms with Gasteiger partial charge in [0.15, 0.2) is 0 Å². The van der Waals surface area contributed by atoms with Gasteiger partial charge >= 0.3 is 0 Å². The van der Waals surface area contributed by atoms with Crippen molar-refractivity contribution in [2.24, 2.45) is 0 Å². The van der Waals surface area contributed by atoms with Gasteiger partial charge in [0, 0.05) is 31.8 Å². The molecule has 3 aromatic rings. The number of aromatic nitrogens is 2. The second-order valence-electron chi connectivity index (χ2n) is 8.42. The first-order chi connectivity index (χ1) is 16.8. The summed E-state index contributed by atoms with van der Waals surface area (Å²) >= 11 is 0. The molecule has 172 valence electrons. The molecule has 34 heavy (non-hydrogen) atoms. The largest absolute Gasteiger partial charge is 0.489 e. The third-order valence-electron chi connectivity index (χ3n) is 6.11. The first kappa shape index (κ1) is 22.1. The lowest BCUT2D eigenvalue weighted by molar-refractivity contribution is 0.0254. The van der Waals surface area contributed by atoms with Crippen LogP contribution >= 0.6 is 0 Å². The average molecular weight is 454 g/mol. The number of rotatable bonds is 6. The highest BCUT2D eigenvalue weighted by molar-refractivity contribution is 5.71. The van der Waals surface area contributed by atoms with E-state index in [0.29, 0.717) is 30.3 Å². The third kappa shape index (κ3) is 5.25. The Morgan fingerprint density at radius 3 is 2.62 bits per heavy atom. The van der Waals surface area contributed by atoms with Gasteiger partial charge in [-0.1, -0.05) is 12.1 Å². The van der Waals surface area contributed by atoms with Gasteiger partial charge in [0.2, 0.25) is 0 Å². The van der Waals surface area contributed by atoms with Gasteiger partial charge in [0.05, 0.1) is 18.8 Å². The molecule has 0 unspecified atom stereocenters. The molecule has 0 bridgehead atoms. The van der Waals surface area contributed by atoms with E-state index in [9.17, 15) is 5.26 Å². The van der Waals surface area contributed by atoms with Crippen molar-refractivity contribution in [2.75, 3.05) is 31.6 Å². The van der Waals surface area contributed by atoms with Crippen LogP contribution in [0.1, 0.15) is 30.4 Å². The second-order valence-corrected chi connectivity index (χ2v) is 8.42. The molecule has 5 rings (SSSR count). The Kier molecular flexibility index (Phi) is 6.80. The minimum absolute atomic E-state index is 0.0911. The van der Waals surface area contributed by atoms with Crippen LogP contribution in [0.2, 0.25) is 0 Å². The van der Waals surface area contributed by atoms with E-state index in [2.05, 4.69) is 38.8 Å². The summed E-state index contributed by atoms with van der Waals surface area (Å²) in [5.74, 6) is 2.06. The molecule has 2 aliphatic rings. The molecular weight excluding hydrogens is 426 g/mol. The van der Waals surface area contributed by atoms with Gasteiger partial charge in [-0.05, 0) is 71.6 Å². The molecule has 2 N–H and O–H groups in total. The fourth-order valence-corrected chi connectivity index (χ4v) is 4.23. The van der Waals surface area contributed by atoms with E-state index in [1.54, 1.807) is 6.20 Å². The topological polar surface area (TPSA) is 92.1 Å². The first-order valence-corrected chi connectivity index (χ1v) is 11.7. The van der Waals surface area contributed by atoms with E-state index in [-0.39, 0.29) is 6.10 Å². The van der Waals surface area contributed by atoms with Gasteiger partial charge in [0.1, 0.15) is 29.6 Å². The van der Waals surface area contributed by atoms with Crippen LogP contribution in [0, 0.1) is 11.3 Å². The number of nitriles is 1. The van der Waals surface area contributed by atoms with Crippen LogP contribution < -0.4 is 15.4 Å². The van der Waals surface area contributed by atoms with E-state index < -0.39 is 0 Å². The van der Waals surface area contributed by atoms with E-state index in [1.165, 1.54) is 5.57 Å². The van der Waals surface area contributed by atoms with Crippen molar-refractivity contribution < 1.29 is 9.47 Å². The smallest absolute Gasteiger partial charge is 0.137 e. The van der Waals surface area contributed by atoms with Crippen LogP contribution in [0.15, 0.2) is 60.9 Å². The van der Waals surface area contributed by atoms with Crippen LogP contribution in [-0.2, 0) is 4.74 Å². The Bertz CT molecular complexity index is 1210. The number of nitrogens with zero attached hydrogens (tertiary/aromatic N) is 3. The van der Waals surface area contributed by atoms with Crippen molar-refractivity contribution in [3.8, 4) is 22.9 Å². The summed E-state index contributed by atoms with van der Waals surface area (Å²) in [5, 5.41) is 16.3. The maximum Gasteiger partial charge on any atom is 0.137 e. The molecule has 1 fully saturated rings. The second kappa shape index (κ2) is 10.5. The van der Waals surface area contributed by atoms with E-state index >= 15 is 0 Å². The lowest BCUT2D eigenvalue weighted by atomic mass is 10.0. The summed E-state index contributed by atoms with van der Waals surface area (Å²) < 4.78 is 11.5. The monoisotopic (exact) mass is 453 g/mol. The Hall–Kier alpha value is -3.73. The van der Waals surface area contributed by atoms with Crippen molar-refractivity contribution in [1.29, 1.82) is 5.26 Å². The maximum atomic E-state index is 9.69. The molecule has 2 aliphatic heterocycles. The lowest BCUT2D eigenvalue weighted by Gasteiger charge is -2.23. The van der Waals surface area contributed by atoms with Crippen molar-refractivity contribution in [3.63, 3.8) is 0 Å².